The fourth-order valence-electron chi connectivity index (χ4n) is 2.72. The first-order valence-corrected chi connectivity index (χ1v) is 8.82. The van der Waals surface area contributed by atoms with E-state index in [0.717, 1.165) is 11.1 Å². The van der Waals surface area contributed by atoms with Crippen LogP contribution in [-0.4, -0.2) is 15.9 Å². The van der Waals surface area contributed by atoms with Gasteiger partial charge in [0.05, 0.1) is 5.70 Å². The van der Waals surface area contributed by atoms with Crippen molar-refractivity contribution in [1.29, 1.82) is 0 Å². The van der Waals surface area contributed by atoms with Gasteiger partial charge in [0.25, 0.3) is 11.8 Å². The van der Waals surface area contributed by atoms with E-state index in [4.69, 9.17) is 4.52 Å². The maximum atomic E-state index is 12.7. The fraction of sp³-hybridized carbons (Fsp3) is 0. The van der Waals surface area contributed by atoms with Crippen molar-refractivity contribution < 1.29 is 9.32 Å². The number of hydrogen-bond donors (Lipinski definition) is 1. The summed E-state index contributed by atoms with van der Waals surface area (Å²) in [5.74, 6) is 0.582. The third kappa shape index (κ3) is 4.04. The Bertz CT molecular complexity index is 1090. The van der Waals surface area contributed by atoms with Crippen LogP contribution < -0.4 is 5.32 Å². The normalized spacial score (nSPS) is 11.2. The standard InChI is InChI=1S/C23H17N3O2/c27-21(18-12-6-2-7-13-18)16-20(17-10-4-1-5-11-17)24-23-25-22(28-26-23)19-14-8-3-9-15-19/h1-16H,(H,24,26)/b20-16+. The Kier molecular flexibility index (Phi) is 5.06. The molecule has 5 heteroatoms. The second kappa shape index (κ2) is 8.14. The summed E-state index contributed by atoms with van der Waals surface area (Å²) in [7, 11) is 0. The van der Waals surface area contributed by atoms with Crippen LogP contribution in [0.1, 0.15) is 15.9 Å². The van der Waals surface area contributed by atoms with Gasteiger partial charge in [0.15, 0.2) is 5.78 Å². The molecule has 4 aromatic rings. The topological polar surface area (TPSA) is 68.0 Å². The Morgan fingerprint density at radius 1 is 0.786 bits per heavy atom. The number of benzene rings is 3. The Morgan fingerprint density at radius 2 is 1.36 bits per heavy atom. The third-order valence-corrected chi connectivity index (χ3v) is 4.11. The summed E-state index contributed by atoms with van der Waals surface area (Å²) in [6.07, 6.45) is 1.54. The van der Waals surface area contributed by atoms with E-state index < -0.39 is 0 Å². The summed E-state index contributed by atoms with van der Waals surface area (Å²) in [6.45, 7) is 0. The maximum absolute atomic E-state index is 12.7. The average molecular weight is 367 g/mol. The van der Waals surface area contributed by atoms with Gasteiger partial charge in [-0.3, -0.25) is 4.79 Å². The highest BCUT2D eigenvalue weighted by atomic mass is 16.5. The van der Waals surface area contributed by atoms with Gasteiger partial charge in [0, 0.05) is 17.2 Å². The smallest absolute Gasteiger partial charge is 0.268 e. The van der Waals surface area contributed by atoms with E-state index in [1.807, 2.05) is 78.9 Å². The van der Waals surface area contributed by atoms with Crippen molar-refractivity contribution in [3.05, 3.63) is 108 Å². The lowest BCUT2D eigenvalue weighted by Gasteiger charge is -2.08. The van der Waals surface area contributed by atoms with Gasteiger partial charge in [-0.25, -0.2) is 0 Å². The molecular formula is C23H17N3O2. The van der Waals surface area contributed by atoms with E-state index in [1.54, 1.807) is 18.2 Å². The largest absolute Gasteiger partial charge is 0.332 e. The molecule has 0 aliphatic rings. The number of nitrogens with zero attached hydrogens (tertiary/aromatic N) is 2. The summed E-state index contributed by atoms with van der Waals surface area (Å²) < 4.78 is 5.34. The van der Waals surface area contributed by atoms with Crippen LogP contribution in [0.3, 0.4) is 0 Å². The van der Waals surface area contributed by atoms with Crippen molar-refractivity contribution >= 4 is 17.4 Å². The van der Waals surface area contributed by atoms with E-state index >= 15 is 0 Å². The van der Waals surface area contributed by atoms with Gasteiger partial charge in [-0.2, -0.15) is 4.98 Å². The second-order valence-corrected chi connectivity index (χ2v) is 6.07. The highest BCUT2D eigenvalue weighted by Crippen LogP contribution is 2.21. The third-order valence-electron chi connectivity index (χ3n) is 4.11. The van der Waals surface area contributed by atoms with Crippen LogP contribution in [0.4, 0.5) is 5.95 Å². The van der Waals surface area contributed by atoms with Gasteiger partial charge in [-0.1, -0.05) is 78.9 Å². The van der Waals surface area contributed by atoms with Crippen LogP contribution in [0.5, 0.6) is 0 Å². The van der Waals surface area contributed by atoms with Crippen molar-refractivity contribution in [2.75, 3.05) is 5.32 Å². The average Bonchev–Trinajstić information content (AvgIpc) is 3.24. The molecule has 0 aliphatic heterocycles. The van der Waals surface area contributed by atoms with Crippen LogP contribution in [-0.2, 0) is 0 Å². The Hall–Kier alpha value is -3.99. The number of allylic oxidation sites excluding steroid dienone is 1. The number of rotatable bonds is 6. The van der Waals surface area contributed by atoms with E-state index in [2.05, 4.69) is 15.5 Å². The number of carbonyl (C=O) groups is 1. The molecule has 5 nitrogen and oxygen atoms in total. The molecule has 1 heterocycles. The first kappa shape index (κ1) is 17.4. The predicted molar refractivity (Wildman–Crippen MR) is 109 cm³/mol. The molecule has 28 heavy (non-hydrogen) atoms. The minimum absolute atomic E-state index is 0.112. The van der Waals surface area contributed by atoms with E-state index in [0.29, 0.717) is 17.2 Å². The molecule has 0 amide bonds. The molecule has 0 aliphatic carbocycles. The molecule has 0 atom stereocenters. The highest BCUT2D eigenvalue weighted by molar-refractivity contribution is 6.09. The number of ketones is 1. The number of hydrogen-bond acceptors (Lipinski definition) is 5. The molecule has 0 spiro atoms. The van der Waals surface area contributed by atoms with Gasteiger partial charge >= 0.3 is 0 Å². The molecule has 0 saturated carbocycles. The van der Waals surface area contributed by atoms with Crippen LogP contribution in [0.25, 0.3) is 17.2 Å². The quantitative estimate of drug-likeness (QED) is 0.380. The van der Waals surface area contributed by atoms with Crippen LogP contribution in [0, 0.1) is 0 Å². The zero-order valence-electron chi connectivity index (χ0n) is 14.9. The summed E-state index contributed by atoms with van der Waals surface area (Å²) in [5.41, 5.74) is 2.87. The van der Waals surface area contributed by atoms with Gasteiger partial charge in [-0.05, 0) is 22.9 Å². The Labute approximate surface area is 162 Å². The first-order valence-electron chi connectivity index (χ1n) is 8.82. The minimum Gasteiger partial charge on any atom is -0.332 e. The van der Waals surface area contributed by atoms with Gasteiger partial charge < -0.3 is 9.84 Å². The molecule has 136 valence electrons. The van der Waals surface area contributed by atoms with Crippen molar-refractivity contribution in [2.24, 2.45) is 0 Å². The van der Waals surface area contributed by atoms with Crippen LogP contribution >= 0.6 is 0 Å². The van der Waals surface area contributed by atoms with E-state index in [9.17, 15) is 4.79 Å². The van der Waals surface area contributed by atoms with E-state index in [-0.39, 0.29) is 11.7 Å². The lowest BCUT2D eigenvalue weighted by Crippen LogP contribution is -2.04. The first-order chi connectivity index (χ1) is 13.8. The summed E-state index contributed by atoms with van der Waals surface area (Å²) in [4.78, 5) is 17.0. The number of nitrogens with one attached hydrogen (secondary N) is 1. The fourth-order valence-corrected chi connectivity index (χ4v) is 2.72. The predicted octanol–water partition coefficient (Wildman–Crippen LogP) is 5.07. The molecule has 1 N–H and O–H groups in total. The van der Waals surface area contributed by atoms with Gasteiger partial charge in [0.1, 0.15) is 0 Å². The van der Waals surface area contributed by atoms with Crippen molar-refractivity contribution in [1.82, 2.24) is 10.1 Å². The minimum atomic E-state index is -0.112. The Morgan fingerprint density at radius 3 is 2.00 bits per heavy atom. The van der Waals surface area contributed by atoms with Gasteiger partial charge in [0.2, 0.25) is 0 Å². The molecule has 0 unspecified atom stereocenters. The summed E-state index contributed by atoms with van der Waals surface area (Å²) in [6, 6.07) is 28.2. The maximum Gasteiger partial charge on any atom is 0.268 e. The van der Waals surface area contributed by atoms with Crippen LogP contribution in [0.2, 0.25) is 0 Å². The molecule has 0 bridgehead atoms. The summed E-state index contributed by atoms with van der Waals surface area (Å²) >= 11 is 0. The van der Waals surface area contributed by atoms with Gasteiger partial charge in [-0.15, -0.1) is 0 Å². The molecule has 0 fully saturated rings. The van der Waals surface area contributed by atoms with E-state index in [1.165, 1.54) is 0 Å². The summed E-state index contributed by atoms with van der Waals surface area (Å²) in [5, 5.41) is 7.10. The lowest BCUT2D eigenvalue weighted by atomic mass is 10.1. The molecule has 0 radical (unpaired) electrons. The van der Waals surface area contributed by atoms with Crippen molar-refractivity contribution in [2.45, 2.75) is 0 Å². The number of aromatic nitrogens is 2. The molecule has 0 saturated heterocycles. The molecule has 1 aromatic heterocycles. The van der Waals surface area contributed by atoms with Crippen molar-refractivity contribution in [3.63, 3.8) is 0 Å². The monoisotopic (exact) mass is 367 g/mol. The SMILES string of the molecule is O=C(/C=C(/Nc1noc(-c2ccccc2)n1)c1ccccc1)c1ccccc1. The highest BCUT2D eigenvalue weighted by Gasteiger charge is 2.12. The lowest BCUT2D eigenvalue weighted by molar-refractivity contribution is 0.104. The zero-order chi connectivity index (χ0) is 19.2. The molecule has 4 rings (SSSR count). The van der Waals surface area contributed by atoms with Crippen LogP contribution in [0.15, 0.2) is 102 Å². The molecule has 3 aromatic carbocycles. The number of anilines is 1. The molecular weight excluding hydrogens is 350 g/mol. The zero-order valence-corrected chi connectivity index (χ0v) is 14.9. The van der Waals surface area contributed by atoms with Crippen molar-refractivity contribution in [3.8, 4) is 11.5 Å². The Balaban J connectivity index is 1.65. The number of carbonyl (C=O) groups excluding carboxylic acids is 1. The second-order valence-electron chi connectivity index (χ2n) is 6.07.